The number of aromatic nitrogens is 1. The first-order valence-electron chi connectivity index (χ1n) is 7.45. The van der Waals surface area contributed by atoms with Gasteiger partial charge in [0.25, 0.3) is 0 Å². The fourth-order valence-electron chi connectivity index (χ4n) is 2.80. The molecule has 0 radical (unpaired) electrons. The van der Waals surface area contributed by atoms with E-state index in [0.717, 1.165) is 36.2 Å². The molecule has 1 aromatic carbocycles. The van der Waals surface area contributed by atoms with Crippen molar-refractivity contribution in [2.45, 2.75) is 51.0 Å². The Morgan fingerprint density at radius 3 is 2.90 bits per heavy atom. The highest BCUT2D eigenvalue weighted by Crippen LogP contribution is 2.23. The number of rotatable bonds is 5. The van der Waals surface area contributed by atoms with E-state index in [9.17, 15) is 4.79 Å². The highest BCUT2D eigenvalue weighted by Gasteiger charge is 2.16. The summed E-state index contributed by atoms with van der Waals surface area (Å²) in [5.41, 5.74) is 1.07. The van der Waals surface area contributed by atoms with Gasteiger partial charge in [-0.05, 0) is 37.8 Å². The van der Waals surface area contributed by atoms with Crippen LogP contribution >= 0.6 is 11.3 Å². The second-order valence-corrected chi connectivity index (χ2v) is 6.59. The summed E-state index contributed by atoms with van der Waals surface area (Å²) in [6.45, 7) is 0. The average molecular weight is 288 g/mol. The highest BCUT2D eigenvalue weighted by molar-refractivity contribution is 7.18. The molecular weight excluding hydrogens is 268 g/mol. The van der Waals surface area contributed by atoms with Crippen molar-refractivity contribution in [1.82, 2.24) is 10.3 Å². The number of nitrogens with one attached hydrogen (secondary N) is 1. The lowest BCUT2D eigenvalue weighted by atomic mass is 10.2. The number of para-hydroxylation sites is 1. The van der Waals surface area contributed by atoms with Gasteiger partial charge in [-0.3, -0.25) is 4.79 Å². The fourth-order valence-corrected chi connectivity index (χ4v) is 3.81. The summed E-state index contributed by atoms with van der Waals surface area (Å²) in [4.78, 5) is 16.4. The Morgan fingerprint density at radius 1 is 1.30 bits per heavy atom. The van der Waals surface area contributed by atoms with Gasteiger partial charge in [-0.1, -0.05) is 25.0 Å². The van der Waals surface area contributed by atoms with E-state index in [-0.39, 0.29) is 5.91 Å². The third-order valence-corrected chi connectivity index (χ3v) is 4.95. The van der Waals surface area contributed by atoms with Crippen LogP contribution in [-0.2, 0) is 11.2 Å². The number of aryl methyl sites for hydroxylation is 1. The lowest BCUT2D eigenvalue weighted by Gasteiger charge is -2.11. The third-order valence-electron chi connectivity index (χ3n) is 3.85. The smallest absolute Gasteiger partial charge is 0.220 e. The van der Waals surface area contributed by atoms with E-state index >= 15 is 0 Å². The molecule has 0 atom stereocenters. The summed E-state index contributed by atoms with van der Waals surface area (Å²) in [5, 5.41) is 4.27. The van der Waals surface area contributed by atoms with Crippen LogP contribution in [0.4, 0.5) is 0 Å². The molecule has 0 saturated heterocycles. The van der Waals surface area contributed by atoms with Gasteiger partial charge in [0.2, 0.25) is 5.91 Å². The van der Waals surface area contributed by atoms with Gasteiger partial charge in [0.05, 0.1) is 15.2 Å². The van der Waals surface area contributed by atoms with Gasteiger partial charge in [0.1, 0.15) is 0 Å². The van der Waals surface area contributed by atoms with E-state index in [1.807, 2.05) is 18.2 Å². The minimum absolute atomic E-state index is 0.206. The molecule has 1 N–H and O–H groups in total. The zero-order valence-corrected chi connectivity index (χ0v) is 12.4. The minimum atomic E-state index is 0.206. The molecule has 3 rings (SSSR count). The SMILES string of the molecule is O=C(CCCc1nc2ccccc2s1)NC1CCCC1. The molecule has 1 amide bonds. The Balaban J connectivity index is 1.45. The van der Waals surface area contributed by atoms with Crippen LogP contribution in [0.15, 0.2) is 24.3 Å². The van der Waals surface area contributed by atoms with Gasteiger partial charge in [-0.25, -0.2) is 4.98 Å². The maximum absolute atomic E-state index is 11.8. The molecule has 4 heteroatoms. The van der Waals surface area contributed by atoms with Crippen molar-refractivity contribution in [1.29, 1.82) is 0 Å². The minimum Gasteiger partial charge on any atom is -0.353 e. The molecule has 20 heavy (non-hydrogen) atoms. The third kappa shape index (κ3) is 3.37. The number of hydrogen-bond acceptors (Lipinski definition) is 3. The van der Waals surface area contributed by atoms with Gasteiger partial charge in [-0.2, -0.15) is 0 Å². The molecule has 0 aliphatic heterocycles. The van der Waals surface area contributed by atoms with Crippen molar-refractivity contribution in [3.05, 3.63) is 29.3 Å². The Morgan fingerprint density at radius 2 is 2.10 bits per heavy atom. The van der Waals surface area contributed by atoms with Crippen LogP contribution in [0.2, 0.25) is 0 Å². The highest BCUT2D eigenvalue weighted by atomic mass is 32.1. The molecule has 3 nitrogen and oxygen atoms in total. The molecule has 1 aliphatic carbocycles. The van der Waals surface area contributed by atoms with E-state index in [1.165, 1.54) is 17.5 Å². The molecule has 2 aromatic rings. The Bertz CT molecular complexity index is 554. The number of nitrogens with zero attached hydrogens (tertiary/aromatic N) is 1. The Kier molecular flexibility index (Phi) is 4.31. The normalized spacial score (nSPS) is 15.8. The molecular formula is C16H20N2OS. The van der Waals surface area contributed by atoms with Crippen LogP contribution in [0.5, 0.6) is 0 Å². The molecule has 1 saturated carbocycles. The van der Waals surface area contributed by atoms with Crippen molar-refractivity contribution in [2.24, 2.45) is 0 Å². The van der Waals surface area contributed by atoms with E-state index in [4.69, 9.17) is 0 Å². The number of benzene rings is 1. The van der Waals surface area contributed by atoms with E-state index in [2.05, 4.69) is 16.4 Å². The summed E-state index contributed by atoms with van der Waals surface area (Å²) in [6, 6.07) is 8.64. The van der Waals surface area contributed by atoms with Crippen LogP contribution in [-0.4, -0.2) is 16.9 Å². The number of thiazole rings is 1. The Labute approximate surface area is 123 Å². The van der Waals surface area contributed by atoms with Crippen LogP contribution in [0.3, 0.4) is 0 Å². The molecule has 1 aromatic heterocycles. The molecule has 1 heterocycles. The van der Waals surface area contributed by atoms with Crippen molar-refractivity contribution in [3.63, 3.8) is 0 Å². The summed E-state index contributed by atoms with van der Waals surface area (Å²) < 4.78 is 1.23. The summed E-state index contributed by atoms with van der Waals surface area (Å²) >= 11 is 1.74. The maximum Gasteiger partial charge on any atom is 0.220 e. The fraction of sp³-hybridized carbons (Fsp3) is 0.500. The first-order chi connectivity index (χ1) is 9.81. The Hall–Kier alpha value is -1.42. The first-order valence-corrected chi connectivity index (χ1v) is 8.27. The number of hydrogen-bond donors (Lipinski definition) is 1. The predicted octanol–water partition coefficient (Wildman–Crippen LogP) is 3.68. The quantitative estimate of drug-likeness (QED) is 0.912. The molecule has 0 bridgehead atoms. The molecule has 1 fully saturated rings. The molecule has 0 spiro atoms. The average Bonchev–Trinajstić information content (AvgIpc) is 3.07. The van der Waals surface area contributed by atoms with Crippen molar-refractivity contribution < 1.29 is 4.79 Å². The van der Waals surface area contributed by atoms with Crippen LogP contribution < -0.4 is 5.32 Å². The second kappa shape index (κ2) is 6.35. The van der Waals surface area contributed by atoms with Gasteiger partial charge >= 0.3 is 0 Å². The van der Waals surface area contributed by atoms with E-state index in [0.29, 0.717) is 12.5 Å². The predicted molar refractivity (Wildman–Crippen MR) is 83.0 cm³/mol. The van der Waals surface area contributed by atoms with Crippen molar-refractivity contribution >= 4 is 27.5 Å². The van der Waals surface area contributed by atoms with E-state index in [1.54, 1.807) is 11.3 Å². The molecule has 106 valence electrons. The van der Waals surface area contributed by atoms with Crippen LogP contribution in [0.25, 0.3) is 10.2 Å². The zero-order valence-electron chi connectivity index (χ0n) is 11.6. The summed E-state index contributed by atoms with van der Waals surface area (Å²) in [6.07, 6.45) is 7.24. The van der Waals surface area contributed by atoms with Gasteiger partial charge < -0.3 is 5.32 Å². The van der Waals surface area contributed by atoms with Crippen molar-refractivity contribution in [2.75, 3.05) is 0 Å². The number of fused-ring (bicyclic) bond motifs is 1. The lowest BCUT2D eigenvalue weighted by Crippen LogP contribution is -2.32. The van der Waals surface area contributed by atoms with Crippen LogP contribution in [0, 0.1) is 0 Å². The van der Waals surface area contributed by atoms with E-state index < -0.39 is 0 Å². The zero-order chi connectivity index (χ0) is 13.8. The first kappa shape index (κ1) is 13.6. The van der Waals surface area contributed by atoms with Crippen LogP contribution in [0.1, 0.15) is 43.5 Å². The number of carbonyl (C=O) groups excluding carboxylic acids is 1. The lowest BCUT2D eigenvalue weighted by molar-refractivity contribution is -0.121. The maximum atomic E-state index is 11.8. The topological polar surface area (TPSA) is 42.0 Å². The molecule has 1 aliphatic rings. The largest absolute Gasteiger partial charge is 0.353 e. The number of amides is 1. The standard InChI is InChI=1S/C16H20N2OS/c19-15(17-12-6-1-2-7-12)10-5-11-16-18-13-8-3-4-9-14(13)20-16/h3-4,8-9,12H,1-2,5-7,10-11H2,(H,17,19). The van der Waals surface area contributed by atoms with Crippen molar-refractivity contribution in [3.8, 4) is 0 Å². The van der Waals surface area contributed by atoms with Gasteiger partial charge in [0.15, 0.2) is 0 Å². The number of carbonyl (C=O) groups is 1. The summed E-state index contributed by atoms with van der Waals surface area (Å²) in [7, 11) is 0. The van der Waals surface area contributed by atoms with Gasteiger partial charge in [-0.15, -0.1) is 11.3 Å². The summed E-state index contributed by atoms with van der Waals surface area (Å²) in [5.74, 6) is 0.206. The molecule has 0 unspecified atom stereocenters. The monoisotopic (exact) mass is 288 g/mol. The second-order valence-electron chi connectivity index (χ2n) is 5.48. The van der Waals surface area contributed by atoms with Gasteiger partial charge in [0, 0.05) is 12.5 Å².